The zero-order valence-electron chi connectivity index (χ0n) is 12.6. The summed E-state index contributed by atoms with van der Waals surface area (Å²) in [6.07, 6.45) is -0.0921. The van der Waals surface area contributed by atoms with Crippen molar-refractivity contribution in [2.45, 2.75) is 45.8 Å². The van der Waals surface area contributed by atoms with Crippen molar-refractivity contribution in [2.75, 3.05) is 0 Å². The van der Waals surface area contributed by atoms with E-state index < -0.39 is 0 Å². The van der Waals surface area contributed by atoms with Gasteiger partial charge in [-0.3, -0.25) is 0 Å². The molecule has 0 aliphatic heterocycles. The van der Waals surface area contributed by atoms with Crippen molar-refractivity contribution in [3.8, 4) is 5.75 Å². The van der Waals surface area contributed by atoms with Crippen LogP contribution < -0.4 is 10.5 Å². The number of hydrogen-bond donors (Lipinski definition) is 1. The molecule has 0 bridgehead atoms. The van der Waals surface area contributed by atoms with E-state index in [-0.39, 0.29) is 12.1 Å². The van der Waals surface area contributed by atoms with Crippen LogP contribution in [0.1, 0.15) is 49.5 Å². The zero-order valence-corrected chi connectivity index (χ0v) is 13.4. The van der Waals surface area contributed by atoms with Gasteiger partial charge in [0, 0.05) is 11.6 Å². The SMILES string of the molecule is Cc1cc(OC(c2ccsc2)C(C)N)ccc1C(C)C. The predicted octanol–water partition coefficient (Wildman–Crippen LogP) is 4.65. The maximum atomic E-state index is 6.12. The fraction of sp³-hybridized carbons (Fsp3) is 0.412. The standard InChI is InChI=1S/C17H23NOS/c1-11(2)16-6-5-15(9-12(16)3)19-17(13(4)18)14-7-8-20-10-14/h5-11,13,17H,18H2,1-4H3. The summed E-state index contributed by atoms with van der Waals surface area (Å²) in [5.74, 6) is 1.42. The maximum Gasteiger partial charge on any atom is 0.139 e. The first-order valence-electron chi connectivity index (χ1n) is 7.04. The molecule has 2 unspecified atom stereocenters. The van der Waals surface area contributed by atoms with Crippen LogP contribution in [0.4, 0.5) is 0 Å². The van der Waals surface area contributed by atoms with E-state index in [1.807, 2.05) is 13.0 Å². The summed E-state index contributed by atoms with van der Waals surface area (Å²) in [6.45, 7) is 8.53. The van der Waals surface area contributed by atoms with Gasteiger partial charge in [-0.05, 0) is 59.9 Å². The Balaban J connectivity index is 2.22. The molecule has 0 aliphatic carbocycles. The molecule has 0 amide bonds. The Kier molecular flexibility index (Phi) is 4.84. The molecular weight excluding hydrogens is 266 g/mol. The lowest BCUT2D eigenvalue weighted by Gasteiger charge is -2.22. The Labute approximate surface area is 125 Å². The molecule has 108 valence electrons. The van der Waals surface area contributed by atoms with Gasteiger partial charge in [0.15, 0.2) is 0 Å². The van der Waals surface area contributed by atoms with Gasteiger partial charge in [0.25, 0.3) is 0 Å². The molecule has 3 heteroatoms. The van der Waals surface area contributed by atoms with Gasteiger partial charge in [-0.2, -0.15) is 11.3 Å². The van der Waals surface area contributed by atoms with E-state index in [4.69, 9.17) is 10.5 Å². The summed E-state index contributed by atoms with van der Waals surface area (Å²) in [5.41, 5.74) is 9.86. The summed E-state index contributed by atoms with van der Waals surface area (Å²) >= 11 is 1.67. The molecule has 20 heavy (non-hydrogen) atoms. The maximum absolute atomic E-state index is 6.12. The average Bonchev–Trinajstić information content (AvgIpc) is 2.88. The number of ether oxygens (including phenoxy) is 1. The average molecular weight is 289 g/mol. The van der Waals surface area contributed by atoms with E-state index in [0.717, 1.165) is 11.3 Å². The van der Waals surface area contributed by atoms with Crippen LogP contribution >= 0.6 is 11.3 Å². The molecule has 0 saturated carbocycles. The van der Waals surface area contributed by atoms with Gasteiger partial charge in [-0.25, -0.2) is 0 Å². The minimum Gasteiger partial charge on any atom is -0.484 e. The molecule has 2 aromatic rings. The molecule has 0 aliphatic rings. The van der Waals surface area contributed by atoms with E-state index in [9.17, 15) is 0 Å². The van der Waals surface area contributed by atoms with Crippen molar-refractivity contribution in [3.05, 3.63) is 51.7 Å². The lowest BCUT2D eigenvalue weighted by atomic mass is 9.98. The summed E-state index contributed by atoms with van der Waals surface area (Å²) in [5, 5.41) is 4.16. The van der Waals surface area contributed by atoms with Crippen LogP contribution in [0.2, 0.25) is 0 Å². The number of thiophene rings is 1. The first-order valence-corrected chi connectivity index (χ1v) is 7.98. The first kappa shape index (κ1) is 15.1. The largest absolute Gasteiger partial charge is 0.484 e. The highest BCUT2D eigenvalue weighted by Crippen LogP contribution is 2.29. The molecule has 2 atom stereocenters. The van der Waals surface area contributed by atoms with Gasteiger partial charge >= 0.3 is 0 Å². The molecule has 2 N–H and O–H groups in total. The van der Waals surface area contributed by atoms with Gasteiger partial charge in [0.2, 0.25) is 0 Å². The fourth-order valence-electron chi connectivity index (χ4n) is 2.43. The highest BCUT2D eigenvalue weighted by atomic mass is 32.1. The first-order chi connectivity index (χ1) is 9.49. The summed E-state index contributed by atoms with van der Waals surface area (Å²) in [4.78, 5) is 0. The zero-order chi connectivity index (χ0) is 14.7. The molecule has 0 radical (unpaired) electrons. The van der Waals surface area contributed by atoms with Crippen molar-refractivity contribution < 1.29 is 4.74 Å². The minimum absolute atomic E-state index is 0.0466. The number of benzene rings is 1. The third kappa shape index (κ3) is 3.41. The lowest BCUT2D eigenvalue weighted by molar-refractivity contribution is 0.181. The monoisotopic (exact) mass is 289 g/mol. The third-order valence-corrected chi connectivity index (χ3v) is 4.18. The van der Waals surface area contributed by atoms with Crippen LogP contribution in [0.3, 0.4) is 0 Å². The Hall–Kier alpha value is -1.32. The van der Waals surface area contributed by atoms with E-state index in [1.54, 1.807) is 11.3 Å². The molecule has 0 saturated heterocycles. The topological polar surface area (TPSA) is 35.2 Å². The molecule has 1 aromatic carbocycles. The van der Waals surface area contributed by atoms with E-state index in [0.29, 0.717) is 5.92 Å². The normalized spacial score (nSPS) is 14.3. The van der Waals surface area contributed by atoms with Crippen molar-refractivity contribution in [2.24, 2.45) is 5.73 Å². The molecular formula is C17H23NOS. The molecule has 0 fully saturated rings. The quantitative estimate of drug-likeness (QED) is 0.869. The predicted molar refractivity (Wildman–Crippen MR) is 86.6 cm³/mol. The summed E-state index contributed by atoms with van der Waals surface area (Å²) in [6, 6.07) is 8.34. The lowest BCUT2D eigenvalue weighted by Crippen LogP contribution is -2.28. The molecule has 2 rings (SSSR count). The summed E-state index contributed by atoms with van der Waals surface area (Å²) in [7, 11) is 0. The van der Waals surface area contributed by atoms with Gasteiger partial charge < -0.3 is 10.5 Å². The Bertz CT molecular complexity index is 546. The van der Waals surface area contributed by atoms with Crippen molar-refractivity contribution in [1.29, 1.82) is 0 Å². The van der Waals surface area contributed by atoms with Gasteiger partial charge in [0.05, 0.1) is 0 Å². The second kappa shape index (κ2) is 6.42. The highest BCUT2D eigenvalue weighted by molar-refractivity contribution is 7.07. The smallest absolute Gasteiger partial charge is 0.139 e. The van der Waals surface area contributed by atoms with Crippen LogP contribution in [0.15, 0.2) is 35.0 Å². The van der Waals surface area contributed by atoms with E-state index in [2.05, 4.69) is 49.7 Å². The second-order valence-electron chi connectivity index (χ2n) is 5.63. The Morgan fingerprint density at radius 1 is 1.15 bits per heavy atom. The molecule has 1 heterocycles. The van der Waals surface area contributed by atoms with Crippen LogP contribution in [0, 0.1) is 6.92 Å². The minimum atomic E-state index is -0.0921. The van der Waals surface area contributed by atoms with Crippen LogP contribution in [-0.2, 0) is 0 Å². The number of rotatable bonds is 5. The Morgan fingerprint density at radius 2 is 1.90 bits per heavy atom. The van der Waals surface area contributed by atoms with Gasteiger partial charge in [-0.15, -0.1) is 0 Å². The Morgan fingerprint density at radius 3 is 2.40 bits per heavy atom. The van der Waals surface area contributed by atoms with Crippen LogP contribution in [0.5, 0.6) is 5.75 Å². The second-order valence-corrected chi connectivity index (χ2v) is 6.41. The van der Waals surface area contributed by atoms with Crippen molar-refractivity contribution >= 4 is 11.3 Å². The molecule has 0 spiro atoms. The van der Waals surface area contributed by atoms with Gasteiger partial charge in [0.1, 0.15) is 11.9 Å². The fourth-order valence-corrected chi connectivity index (χ4v) is 3.12. The van der Waals surface area contributed by atoms with Crippen molar-refractivity contribution in [3.63, 3.8) is 0 Å². The third-order valence-electron chi connectivity index (χ3n) is 3.48. The van der Waals surface area contributed by atoms with Crippen LogP contribution in [0.25, 0.3) is 0 Å². The van der Waals surface area contributed by atoms with E-state index in [1.165, 1.54) is 11.1 Å². The van der Waals surface area contributed by atoms with E-state index >= 15 is 0 Å². The summed E-state index contributed by atoms with van der Waals surface area (Å²) < 4.78 is 6.12. The number of aryl methyl sites for hydroxylation is 1. The van der Waals surface area contributed by atoms with Crippen LogP contribution in [-0.4, -0.2) is 6.04 Å². The molecule has 1 aromatic heterocycles. The number of hydrogen-bond acceptors (Lipinski definition) is 3. The van der Waals surface area contributed by atoms with Gasteiger partial charge in [-0.1, -0.05) is 19.9 Å². The highest BCUT2D eigenvalue weighted by Gasteiger charge is 2.19. The number of nitrogens with two attached hydrogens (primary N) is 1. The molecule has 2 nitrogen and oxygen atoms in total. The van der Waals surface area contributed by atoms with Crippen molar-refractivity contribution in [1.82, 2.24) is 0 Å².